The van der Waals surface area contributed by atoms with Crippen LogP contribution in [-0.4, -0.2) is 32.6 Å². The van der Waals surface area contributed by atoms with Gasteiger partial charge in [0.1, 0.15) is 0 Å². The van der Waals surface area contributed by atoms with E-state index in [1.807, 2.05) is 0 Å². The fourth-order valence-electron chi connectivity index (χ4n) is 1.99. The number of anilines is 1. The second-order valence-corrected chi connectivity index (χ2v) is 5.52. The monoisotopic (exact) mass is 341 g/mol. The lowest BCUT2D eigenvalue weighted by atomic mass is 10.2. The summed E-state index contributed by atoms with van der Waals surface area (Å²) in [5.41, 5.74) is 2.30. The van der Waals surface area contributed by atoms with E-state index in [4.69, 9.17) is 0 Å². The standard InChI is InChI=1S/C15H24BrN3O/c1-4-8-19(11-15(20)17-3)14-7-6-12(9-13(14)16)10-18-5-2/h6-7,9,18H,4-5,8,10-11H2,1-3H3,(H,17,20). The van der Waals surface area contributed by atoms with Crippen LogP contribution in [0, 0.1) is 0 Å². The Hall–Kier alpha value is -1.07. The van der Waals surface area contributed by atoms with Crippen LogP contribution in [0.3, 0.4) is 0 Å². The number of hydrogen-bond acceptors (Lipinski definition) is 3. The number of halogens is 1. The van der Waals surface area contributed by atoms with E-state index in [0.29, 0.717) is 6.54 Å². The van der Waals surface area contributed by atoms with Crippen molar-refractivity contribution in [2.45, 2.75) is 26.8 Å². The van der Waals surface area contributed by atoms with Gasteiger partial charge >= 0.3 is 0 Å². The molecule has 0 aliphatic carbocycles. The third-order valence-electron chi connectivity index (χ3n) is 3.04. The summed E-state index contributed by atoms with van der Waals surface area (Å²) in [6.45, 7) is 7.27. The van der Waals surface area contributed by atoms with Crippen molar-refractivity contribution in [2.75, 3.05) is 31.6 Å². The second-order valence-electron chi connectivity index (χ2n) is 4.66. The predicted octanol–water partition coefficient (Wildman–Crippen LogP) is 2.52. The lowest BCUT2D eigenvalue weighted by Crippen LogP contribution is -2.36. The number of hydrogen-bond donors (Lipinski definition) is 2. The summed E-state index contributed by atoms with van der Waals surface area (Å²) in [4.78, 5) is 13.7. The zero-order chi connectivity index (χ0) is 15.0. The zero-order valence-corrected chi connectivity index (χ0v) is 14.1. The predicted molar refractivity (Wildman–Crippen MR) is 88.1 cm³/mol. The number of nitrogens with zero attached hydrogens (tertiary/aromatic N) is 1. The topological polar surface area (TPSA) is 44.4 Å². The molecule has 0 saturated carbocycles. The zero-order valence-electron chi connectivity index (χ0n) is 12.5. The highest BCUT2D eigenvalue weighted by Crippen LogP contribution is 2.27. The van der Waals surface area contributed by atoms with Gasteiger partial charge in [-0.15, -0.1) is 0 Å². The van der Waals surface area contributed by atoms with Crippen LogP contribution in [0.4, 0.5) is 5.69 Å². The number of carbonyl (C=O) groups excluding carboxylic acids is 1. The van der Waals surface area contributed by atoms with Crippen molar-refractivity contribution < 1.29 is 4.79 Å². The largest absolute Gasteiger partial charge is 0.361 e. The van der Waals surface area contributed by atoms with Crippen LogP contribution in [0.15, 0.2) is 22.7 Å². The van der Waals surface area contributed by atoms with Gasteiger partial charge in [0.2, 0.25) is 5.91 Å². The van der Waals surface area contributed by atoms with Gasteiger partial charge in [-0.25, -0.2) is 0 Å². The molecule has 20 heavy (non-hydrogen) atoms. The number of amides is 1. The van der Waals surface area contributed by atoms with Crippen LogP contribution in [0.2, 0.25) is 0 Å². The number of nitrogens with one attached hydrogen (secondary N) is 2. The molecule has 0 unspecified atom stereocenters. The van der Waals surface area contributed by atoms with Crippen molar-refractivity contribution in [3.8, 4) is 0 Å². The third kappa shape index (κ3) is 5.13. The first-order valence-corrected chi connectivity index (χ1v) is 7.86. The molecule has 0 spiro atoms. The quantitative estimate of drug-likeness (QED) is 0.763. The minimum absolute atomic E-state index is 0.0297. The number of likely N-dealkylation sites (N-methyl/N-ethyl adjacent to an activating group) is 1. The molecular formula is C15H24BrN3O. The summed E-state index contributed by atoms with van der Waals surface area (Å²) in [7, 11) is 1.67. The lowest BCUT2D eigenvalue weighted by molar-refractivity contribution is -0.119. The number of carbonyl (C=O) groups is 1. The highest BCUT2D eigenvalue weighted by Gasteiger charge is 2.13. The highest BCUT2D eigenvalue weighted by molar-refractivity contribution is 9.10. The fourth-order valence-corrected chi connectivity index (χ4v) is 2.67. The van der Waals surface area contributed by atoms with Gasteiger partial charge in [0.05, 0.1) is 12.2 Å². The van der Waals surface area contributed by atoms with E-state index < -0.39 is 0 Å². The lowest BCUT2D eigenvalue weighted by Gasteiger charge is -2.25. The van der Waals surface area contributed by atoms with Crippen LogP contribution in [0.25, 0.3) is 0 Å². The summed E-state index contributed by atoms with van der Waals surface area (Å²) in [6, 6.07) is 6.30. The van der Waals surface area contributed by atoms with Gasteiger partial charge in [-0.3, -0.25) is 4.79 Å². The molecule has 1 amide bonds. The first-order chi connectivity index (χ1) is 9.62. The maximum atomic E-state index is 11.6. The van der Waals surface area contributed by atoms with Gasteiger partial charge in [-0.2, -0.15) is 0 Å². The van der Waals surface area contributed by atoms with Crippen LogP contribution in [-0.2, 0) is 11.3 Å². The summed E-state index contributed by atoms with van der Waals surface area (Å²) < 4.78 is 1.03. The SMILES string of the molecule is CCCN(CC(=O)NC)c1ccc(CNCC)cc1Br. The van der Waals surface area contributed by atoms with Crippen LogP contribution < -0.4 is 15.5 Å². The second kappa shape index (κ2) is 8.97. The van der Waals surface area contributed by atoms with Gasteiger partial charge in [0, 0.05) is 24.6 Å². The molecular weight excluding hydrogens is 318 g/mol. The Bertz CT molecular complexity index is 437. The molecule has 0 aliphatic rings. The van der Waals surface area contributed by atoms with E-state index in [1.54, 1.807) is 7.05 Å². The van der Waals surface area contributed by atoms with Crippen LogP contribution in [0.1, 0.15) is 25.8 Å². The minimum Gasteiger partial charge on any atom is -0.361 e. The molecule has 5 heteroatoms. The smallest absolute Gasteiger partial charge is 0.239 e. The third-order valence-corrected chi connectivity index (χ3v) is 3.67. The van der Waals surface area contributed by atoms with Crippen molar-refractivity contribution in [1.29, 1.82) is 0 Å². The molecule has 0 aliphatic heterocycles. The maximum absolute atomic E-state index is 11.6. The van der Waals surface area contributed by atoms with Crippen molar-refractivity contribution in [1.82, 2.24) is 10.6 Å². The summed E-state index contributed by atoms with van der Waals surface area (Å²) >= 11 is 3.62. The fraction of sp³-hybridized carbons (Fsp3) is 0.533. The van der Waals surface area contributed by atoms with Crippen molar-refractivity contribution in [2.24, 2.45) is 0 Å². The van der Waals surface area contributed by atoms with Crippen LogP contribution >= 0.6 is 15.9 Å². The molecule has 0 fully saturated rings. The number of rotatable bonds is 8. The first kappa shape index (κ1) is 17.0. The Morgan fingerprint density at radius 1 is 1.35 bits per heavy atom. The van der Waals surface area contributed by atoms with E-state index in [0.717, 1.165) is 36.2 Å². The van der Waals surface area contributed by atoms with E-state index >= 15 is 0 Å². The molecule has 0 radical (unpaired) electrons. The van der Waals surface area contributed by atoms with Crippen LogP contribution in [0.5, 0.6) is 0 Å². The Morgan fingerprint density at radius 2 is 2.10 bits per heavy atom. The van der Waals surface area contributed by atoms with Crippen molar-refractivity contribution >= 4 is 27.5 Å². The Kier molecular flexibility index (Phi) is 7.62. The summed E-state index contributed by atoms with van der Waals surface area (Å²) in [6.07, 6.45) is 1.00. The van der Waals surface area contributed by atoms with Crippen molar-refractivity contribution in [3.05, 3.63) is 28.2 Å². The molecule has 0 heterocycles. The molecule has 1 aromatic rings. The highest BCUT2D eigenvalue weighted by atomic mass is 79.9. The molecule has 112 valence electrons. The molecule has 0 atom stereocenters. The molecule has 2 N–H and O–H groups in total. The molecule has 0 aromatic heterocycles. The van der Waals surface area contributed by atoms with E-state index in [1.165, 1.54) is 5.56 Å². The molecule has 1 rings (SSSR count). The molecule has 4 nitrogen and oxygen atoms in total. The van der Waals surface area contributed by atoms with Gasteiger partial charge < -0.3 is 15.5 Å². The van der Waals surface area contributed by atoms with Gasteiger partial charge in [0.15, 0.2) is 0 Å². The average Bonchev–Trinajstić information content (AvgIpc) is 2.44. The Balaban J connectivity index is 2.87. The minimum atomic E-state index is 0.0297. The van der Waals surface area contributed by atoms with E-state index in [2.05, 4.69) is 63.5 Å². The molecule has 0 bridgehead atoms. The van der Waals surface area contributed by atoms with Gasteiger partial charge in [0.25, 0.3) is 0 Å². The average molecular weight is 342 g/mol. The summed E-state index contributed by atoms with van der Waals surface area (Å²) in [5.74, 6) is 0.0297. The van der Waals surface area contributed by atoms with Gasteiger partial charge in [-0.05, 0) is 46.6 Å². The summed E-state index contributed by atoms with van der Waals surface area (Å²) in [5, 5.41) is 5.98. The molecule has 1 aromatic carbocycles. The molecule has 0 saturated heterocycles. The van der Waals surface area contributed by atoms with Gasteiger partial charge in [-0.1, -0.05) is 19.9 Å². The van der Waals surface area contributed by atoms with E-state index in [9.17, 15) is 4.79 Å². The Morgan fingerprint density at radius 3 is 2.65 bits per heavy atom. The van der Waals surface area contributed by atoms with E-state index in [-0.39, 0.29) is 5.91 Å². The Labute approximate surface area is 130 Å². The first-order valence-electron chi connectivity index (χ1n) is 7.07. The maximum Gasteiger partial charge on any atom is 0.239 e. The number of benzene rings is 1. The van der Waals surface area contributed by atoms with Crippen molar-refractivity contribution in [3.63, 3.8) is 0 Å². The normalized spacial score (nSPS) is 10.4.